The van der Waals surface area contributed by atoms with Crippen LogP contribution in [0.25, 0.3) is 0 Å². The number of rotatable bonds is 8. The summed E-state index contributed by atoms with van der Waals surface area (Å²) in [4.78, 5) is 38.6. The molecule has 164 valence electrons. The first-order valence-electron chi connectivity index (χ1n) is 10.1. The van der Waals surface area contributed by atoms with E-state index in [4.69, 9.17) is 11.6 Å². The standard InChI is InChI=1S/C25H24ClN3O3/c1-3-13-27-24(31)21-15-29(14-18-7-5-4-6-8-18)16-22(23(21)30)25(32)28-17(2)19-9-11-20(26)12-10-19/h3-12,15-17H,1,13-14H2,2H3,(H,27,31)(H,28,32). The van der Waals surface area contributed by atoms with Crippen LogP contribution in [0.5, 0.6) is 0 Å². The zero-order valence-corrected chi connectivity index (χ0v) is 18.4. The van der Waals surface area contributed by atoms with Crippen LogP contribution in [-0.4, -0.2) is 22.9 Å². The number of hydrogen-bond donors (Lipinski definition) is 2. The number of hydrogen-bond acceptors (Lipinski definition) is 3. The van der Waals surface area contributed by atoms with Crippen molar-refractivity contribution >= 4 is 23.4 Å². The normalized spacial score (nSPS) is 11.4. The minimum Gasteiger partial charge on any atom is -0.348 e. The molecule has 3 aromatic rings. The van der Waals surface area contributed by atoms with Gasteiger partial charge in [0.15, 0.2) is 0 Å². The number of carbonyl (C=O) groups is 2. The molecule has 1 unspecified atom stereocenters. The fourth-order valence-electron chi connectivity index (χ4n) is 3.21. The number of amides is 2. The minimum atomic E-state index is -0.628. The highest BCUT2D eigenvalue weighted by Crippen LogP contribution is 2.16. The molecule has 0 aliphatic carbocycles. The van der Waals surface area contributed by atoms with E-state index in [1.54, 1.807) is 28.8 Å². The molecular formula is C25H24ClN3O3. The molecule has 0 spiro atoms. The van der Waals surface area contributed by atoms with Crippen molar-refractivity contribution < 1.29 is 9.59 Å². The van der Waals surface area contributed by atoms with Crippen molar-refractivity contribution in [2.24, 2.45) is 0 Å². The van der Waals surface area contributed by atoms with Gasteiger partial charge in [-0.25, -0.2) is 0 Å². The Morgan fingerprint density at radius 2 is 1.66 bits per heavy atom. The number of nitrogens with zero attached hydrogens (tertiary/aromatic N) is 1. The van der Waals surface area contributed by atoms with Crippen molar-refractivity contribution in [1.82, 2.24) is 15.2 Å². The summed E-state index contributed by atoms with van der Waals surface area (Å²) >= 11 is 5.93. The maximum absolute atomic E-state index is 13.0. The summed E-state index contributed by atoms with van der Waals surface area (Å²) < 4.78 is 1.67. The van der Waals surface area contributed by atoms with Crippen molar-refractivity contribution in [3.8, 4) is 0 Å². The Hall–Kier alpha value is -3.64. The van der Waals surface area contributed by atoms with Gasteiger partial charge in [0, 0.05) is 30.5 Å². The summed E-state index contributed by atoms with van der Waals surface area (Å²) in [6.45, 7) is 5.98. The largest absolute Gasteiger partial charge is 0.348 e. The third-order valence-electron chi connectivity index (χ3n) is 4.90. The molecule has 0 radical (unpaired) electrons. The minimum absolute atomic E-state index is 0.102. The molecule has 0 bridgehead atoms. The van der Waals surface area contributed by atoms with Gasteiger partial charge in [-0.3, -0.25) is 14.4 Å². The van der Waals surface area contributed by atoms with Crippen LogP contribution in [0.1, 0.15) is 44.8 Å². The maximum Gasteiger partial charge on any atom is 0.257 e. The highest BCUT2D eigenvalue weighted by molar-refractivity contribution is 6.30. The Labute approximate surface area is 191 Å². The quantitative estimate of drug-likeness (QED) is 0.511. The fraction of sp³-hybridized carbons (Fsp3) is 0.160. The Morgan fingerprint density at radius 1 is 1.03 bits per heavy atom. The molecular weight excluding hydrogens is 426 g/mol. The summed E-state index contributed by atoms with van der Waals surface area (Å²) in [5.74, 6) is -1.12. The molecule has 0 fully saturated rings. The summed E-state index contributed by atoms with van der Waals surface area (Å²) in [6.07, 6.45) is 4.46. The lowest BCUT2D eigenvalue weighted by Gasteiger charge is -2.16. The topological polar surface area (TPSA) is 80.2 Å². The van der Waals surface area contributed by atoms with Crippen molar-refractivity contribution in [3.05, 3.63) is 117 Å². The van der Waals surface area contributed by atoms with Crippen LogP contribution in [-0.2, 0) is 6.54 Å². The molecule has 0 aliphatic rings. The lowest BCUT2D eigenvalue weighted by Crippen LogP contribution is -2.36. The predicted octanol–water partition coefficient (Wildman–Crippen LogP) is 3.96. The van der Waals surface area contributed by atoms with E-state index in [-0.39, 0.29) is 23.7 Å². The van der Waals surface area contributed by atoms with Crippen molar-refractivity contribution in [2.75, 3.05) is 6.54 Å². The van der Waals surface area contributed by atoms with Gasteiger partial charge in [-0.1, -0.05) is 60.1 Å². The van der Waals surface area contributed by atoms with Crippen LogP contribution in [0.4, 0.5) is 0 Å². The molecule has 3 rings (SSSR count). The summed E-state index contributed by atoms with van der Waals surface area (Å²) in [5.41, 5.74) is 0.973. The Morgan fingerprint density at radius 3 is 2.28 bits per heavy atom. The van der Waals surface area contributed by atoms with Crippen LogP contribution in [0, 0.1) is 0 Å². The number of carbonyl (C=O) groups excluding carboxylic acids is 2. The Bertz CT molecular complexity index is 1170. The van der Waals surface area contributed by atoms with Gasteiger partial charge in [-0.2, -0.15) is 0 Å². The average Bonchev–Trinajstić information content (AvgIpc) is 2.79. The van der Waals surface area contributed by atoms with E-state index in [1.807, 2.05) is 37.3 Å². The maximum atomic E-state index is 13.0. The van der Waals surface area contributed by atoms with Gasteiger partial charge in [0.1, 0.15) is 11.1 Å². The molecule has 0 saturated heterocycles. The molecule has 7 heteroatoms. The van der Waals surface area contributed by atoms with E-state index in [0.717, 1.165) is 11.1 Å². The van der Waals surface area contributed by atoms with Crippen LogP contribution in [0.3, 0.4) is 0 Å². The number of halogens is 1. The van der Waals surface area contributed by atoms with Crippen LogP contribution >= 0.6 is 11.6 Å². The van der Waals surface area contributed by atoms with Gasteiger partial charge >= 0.3 is 0 Å². The van der Waals surface area contributed by atoms with Gasteiger partial charge in [0.05, 0.1) is 6.04 Å². The van der Waals surface area contributed by atoms with Crippen LogP contribution < -0.4 is 16.1 Å². The molecule has 6 nitrogen and oxygen atoms in total. The van der Waals surface area contributed by atoms with Crippen LogP contribution in [0.2, 0.25) is 5.02 Å². The molecule has 32 heavy (non-hydrogen) atoms. The van der Waals surface area contributed by atoms with E-state index in [1.165, 1.54) is 18.5 Å². The number of pyridine rings is 1. The monoisotopic (exact) mass is 449 g/mol. The third kappa shape index (κ3) is 5.74. The van der Waals surface area contributed by atoms with Crippen molar-refractivity contribution in [1.29, 1.82) is 0 Å². The lowest BCUT2D eigenvalue weighted by molar-refractivity contribution is 0.0938. The smallest absolute Gasteiger partial charge is 0.257 e. The Kier molecular flexibility index (Phi) is 7.63. The molecule has 2 aromatic carbocycles. The number of aromatic nitrogens is 1. The molecule has 2 amide bonds. The van der Waals surface area contributed by atoms with Crippen molar-refractivity contribution in [3.63, 3.8) is 0 Å². The first-order valence-corrected chi connectivity index (χ1v) is 10.5. The van der Waals surface area contributed by atoms with Gasteiger partial charge < -0.3 is 15.2 Å². The molecule has 2 N–H and O–H groups in total. The lowest BCUT2D eigenvalue weighted by atomic mass is 10.1. The van der Waals surface area contributed by atoms with Crippen molar-refractivity contribution in [2.45, 2.75) is 19.5 Å². The van der Waals surface area contributed by atoms with E-state index in [9.17, 15) is 14.4 Å². The summed E-state index contributed by atoms with van der Waals surface area (Å²) in [6, 6.07) is 16.3. The second-order valence-electron chi connectivity index (χ2n) is 7.32. The van der Waals surface area contributed by atoms with E-state index >= 15 is 0 Å². The first kappa shape index (κ1) is 23.0. The van der Waals surface area contributed by atoms with Gasteiger partial charge in [-0.05, 0) is 30.2 Å². The second kappa shape index (κ2) is 10.6. The highest BCUT2D eigenvalue weighted by Gasteiger charge is 2.21. The van der Waals surface area contributed by atoms with E-state index in [2.05, 4.69) is 17.2 Å². The molecule has 1 aromatic heterocycles. The highest BCUT2D eigenvalue weighted by atomic mass is 35.5. The molecule has 0 saturated carbocycles. The zero-order chi connectivity index (χ0) is 23.1. The first-order chi connectivity index (χ1) is 15.4. The van der Waals surface area contributed by atoms with E-state index in [0.29, 0.717) is 11.6 Å². The number of nitrogens with one attached hydrogen (secondary N) is 2. The Balaban J connectivity index is 1.94. The second-order valence-corrected chi connectivity index (χ2v) is 7.75. The molecule has 1 atom stereocenters. The van der Waals surface area contributed by atoms with Gasteiger partial charge in [0.2, 0.25) is 5.43 Å². The molecule has 1 heterocycles. The SMILES string of the molecule is C=CCNC(=O)c1cn(Cc2ccccc2)cc(C(=O)NC(C)c2ccc(Cl)cc2)c1=O. The summed E-state index contributed by atoms with van der Waals surface area (Å²) in [5, 5.41) is 6.03. The predicted molar refractivity (Wildman–Crippen MR) is 126 cm³/mol. The van der Waals surface area contributed by atoms with E-state index < -0.39 is 17.2 Å². The van der Waals surface area contributed by atoms with Gasteiger partial charge in [-0.15, -0.1) is 6.58 Å². The molecule has 0 aliphatic heterocycles. The van der Waals surface area contributed by atoms with Gasteiger partial charge in [0.25, 0.3) is 11.8 Å². The number of benzene rings is 2. The van der Waals surface area contributed by atoms with Crippen LogP contribution in [0.15, 0.2) is 84.4 Å². The fourth-order valence-corrected chi connectivity index (χ4v) is 3.34. The zero-order valence-electron chi connectivity index (χ0n) is 17.7. The summed E-state index contributed by atoms with van der Waals surface area (Å²) in [7, 11) is 0. The third-order valence-corrected chi connectivity index (χ3v) is 5.15. The average molecular weight is 450 g/mol.